The van der Waals surface area contributed by atoms with Crippen LogP contribution < -0.4 is 5.32 Å². The molecule has 0 radical (unpaired) electrons. The lowest BCUT2D eigenvalue weighted by molar-refractivity contribution is 0.155. The molecule has 0 saturated carbocycles. The van der Waals surface area contributed by atoms with E-state index < -0.39 is 11.9 Å². The minimum absolute atomic E-state index is 0.113. The lowest BCUT2D eigenvalue weighted by Gasteiger charge is -2.07. The number of ether oxygens (including phenoxy) is 1. The Kier molecular flexibility index (Phi) is 4.46. The quantitative estimate of drug-likeness (QED) is 0.935. The van der Waals surface area contributed by atoms with Crippen molar-refractivity contribution in [3.8, 4) is 0 Å². The molecule has 1 amide bonds. The highest BCUT2D eigenvalue weighted by atomic mass is 79.9. The van der Waals surface area contributed by atoms with Gasteiger partial charge in [0, 0.05) is 6.20 Å². The number of amides is 1. The van der Waals surface area contributed by atoms with Gasteiger partial charge in [0.1, 0.15) is 6.61 Å². The average molecular weight is 325 g/mol. The zero-order chi connectivity index (χ0) is 13.7. The zero-order valence-electron chi connectivity index (χ0n) is 9.77. The maximum Gasteiger partial charge on any atom is 0.413 e. The summed E-state index contributed by atoms with van der Waals surface area (Å²) in [4.78, 5) is 15.2. The van der Waals surface area contributed by atoms with Crippen LogP contribution in [0.15, 0.2) is 47.1 Å². The predicted octanol–water partition coefficient (Wildman–Crippen LogP) is 3.73. The molecule has 2 rings (SSSR count). The van der Waals surface area contributed by atoms with Gasteiger partial charge >= 0.3 is 6.09 Å². The number of benzene rings is 1. The zero-order valence-corrected chi connectivity index (χ0v) is 11.4. The molecule has 0 atom stereocenters. The number of hydrogen-bond acceptors (Lipinski definition) is 3. The Morgan fingerprint density at radius 3 is 2.79 bits per heavy atom. The van der Waals surface area contributed by atoms with E-state index in [1.807, 2.05) is 30.3 Å². The van der Waals surface area contributed by atoms with E-state index >= 15 is 0 Å². The maximum absolute atomic E-state index is 13.5. The lowest BCUT2D eigenvalue weighted by atomic mass is 10.2. The summed E-state index contributed by atoms with van der Waals surface area (Å²) in [6.45, 7) is 0.113. The topological polar surface area (TPSA) is 51.2 Å². The molecule has 98 valence electrons. The number of halogens is 2. The van der Waals surface area contributed by atoms with E-state index in [1.54, 1.807) is 0 Å². The summed E-state index contributed by atoms with van der Waals surface area (Å²) in [6, 6.07) is 10.6. The number of carbonyl (C=O) groups excluding carboxylic acids is 1. The van der Waals surface area contributed by atoms with Crippen LogP contribution in [0.25, 0.3) is 0 Å². The summed E-state index contributed by atoms with van der Waals surface area (Å²) in [6.07, 6.45) is 0.619. The number of rotatable bonds is 3. The van der Waals surface area contributed by atoms with Gasteiger partial charge in [-0.25, -0.2) is 14.2 Å². The summed E-state index contributed by atoms with van der Waals surface area (Å²) >= 11 is 3.00. The van der Waals surface area contributed by atoms with Crippen molar-refractivity contribution in [2.24, 2.45) is 0 Å². The van der Waals surface area contributed by atoms with E-state index in [9.17, 15) is 9.18 Å². The highest BCUT2D eigenvalue weighted by Crippen LogP contribution is 2.20. The fraction of sp³-hybridized carbons (Fsp3) is 0.0769. The Morgan fingerprint density at radius 2 is 2.05 bits per heavy atom. The highest BCUT2D eigenvalue weighted by Gasteiger charge is 2.11. The van der Waals surface area contributed by atoms with Crippen molar-refractivity contribution in [1.29, 1.82) is 0 Å². The summed E-state index contributed by atoms with van der Waals surface area (Å²) in [5.74, 6) is -0.813. The SMILES string of the molecule is O=C(Nc1nccc(Br)c1F)OCc1ccccc1. The Bertz CT molecular complexity index is 578. The van der Waals surface area contributed by atoms with Crippen LogP contribution >= 0.6 is 15.9 Å². The number of hydrogen-bond donors (Lipinski definition) is 1. The molecule has 0 saturated heterocycles. The van der Waals surface area contributed by atoms with Crippen molar-refractivity contribution < 1.29 is 13.9 Å². The predicted molar refractivity (Wildman–Crippen MR) is 72.1 cm³/mol. The largest absolute Gasteiger partial charge is 0.444 e. The monoisotopic (exact) mass is 324 g/mol. The molecule has 2 aromatic rings. The Morgan fingerprint density at radius 1 is 1.32 bits per heavy atom. The minimum Gasteiger partial charge on any atom is -0.444 e. The molecule has 4 nitrogen and oxygen atoms in total. The van der Waals surface area contributed by atoms with Gasteiger partial charge in [0.05, 0.1) is 4.47 Å². The van der Waals surface area contributed by atoms with Gasteiger partial charge in [-0.05, 0) is 27.6 Å². The number of aromatic nitrogens is 1. The first kappa shape index (κ1) is 13.5. The summed E-state index contributed by atoms with van der Waals surface area (Å²) < 4.78 is 18.7. The third kappa shape index (κ3) is 3.75. The van der Waals surface area contributed by atoms with E-state index in [4.69, 9.17) is 4.74 Å². The molecule has 1 aromatic heterocycles. The Labute approximate surface area is 117 Å². The van der Waals surface area contributed by atoms with Crippen LogP contribution in [0.1, 0.15) is 5.56 Å². The van der Waals surface area contributed by atoms with E-state index in [0.717, 1.165) is 5.56 Å². The molecule has 19 heavy (non-hydrogen) atoms. The molecule has 0 aliphatic heterocycles. The van der Waals surface area contributed by atoms with Crippen molar-refractivity contribution in [1.82, 2.24) is 4.98 Å². The van der Waals surface area contributed by atoms with E-state index in [1.165, 1.54) is 12.3 Å². The highest BCUT2D eigenvalue weighted by molar-refractivity contribution is 9.10. The average Bonchev–Trinajstić information content (AvgIpc) is 2.43. The summed E-state index contributed by atoms with van der Waals surface area (Å²) in [5.41, 5.74) is 0.848. The third-order valence-corrected chi connectivity index (χ3v) is 2.89. The van der Waals surface area contributed by atoms with Gasteiger partial charge in [-0.1, -0.05) is 30.3 Å². The van der Waals surface area contributed by atoms with Crippen LogP contribution in [0.4, 0.5) is 15.0 Å². The normalized spacial score (nSPS) is 10.0. The number of carbonyl (C=O) groups is 1. The fourth-order valence-electron chi connectivity index (χ4n) is 1.36. The number of pyridine rings is 1. The van der Waals surface area contributed by atoms with Gasteiger partial charge in [-0.3, -0.25) is 5.32 Å². The van der Waals surface area contributed by atoms with Gasteiger partial charge in [-0.2, -0.15) is 0 Å². The van der Waals surface area contributed by atoms with E-state index in [0.29, 0.717) is 0 Å². The van der Waals surface area contributed by atoms with Crippen LogP contribution in [0.2, 0.25) is 0 Å². The summed E-state index contributed by atoms with van der Waals surface area (Å²) in [7, 11) is 0. The molecule has 1 aromatic carbocycles. The first-order valence-corrected chi connectivity index (χ1v) is 6.24. The van der Waals surface area contributed by atoms with Crippen LogP contribution in [0, 0.1) is 5.82 Å². The minimum atomic E-state index is -0.756. The smallest absolute Gasteiger partial charge is 0.413 e. The van der Waals surface area contributed by atoms with Crippen molar-refractivity contribution in [3.63, 3.8) is 0 Å². The fourth-order valence-corrected chi connectivity index (χ4v) is 1.67. The van der Waals surface area contributed by atoms with Crippen molar-refractivity contribution in [3.05, 3.63) is 58.4 Å². The van der Waals surface area contributed by atoms with Crippen LogP contribution in [0.5, 0.6) is 0 Å². The molecule has 0 aliphatic rings. The van der Waals surface area contributed by atoms with Crippen LogP contribution in [-0.2, 0) is 11.3 Å². The number of nitrogens with zero attached hydrogens (tertiary/aromatic N) is 1. The molecule has 0 fully saturated rings. The van der Waals surface area contributed by atoms with E-state index in [2.05, 4.69) is 26.2 Å². The molecule has 0 unspecified atom stereocenters. The van der Waals surface area contributed by atoms with Gasteiger partial charge in [0.25, 0.3) is 0 Å². The van der Waals surface area contributed by atoms with Crippen LogP contribution in [-0.4, -0.2) is 11.1 Å². The third-order valence-electron chi connectivity index (χ3n) is 2.28. The van der Waals surface area contributed by atoms with Gasteiger partial charge in [-0.15, -0.1) is 0 Å². The molecule has 6 heteroatoms. The maximum atomic E-state index is 13.5. The summed E-state index contributed by atoms with van der Waals surface area (Å²) in [5, 5.41) is 2.24. The molecule has 0 bridgehead atoms. The number of nitrogens with one attached hydrogen (secondary N) is 1. The first-order chi connectivity index (χ1) is 9.16. The molecule has 1 heterocycles. The number of anilines is 1. The molecular weight excluding hydrogens is 315 g/mol. The lowest BCUT2D eigenvalue weighted by Crippen LogP contribution is -2.15. The van der Waals surface area contributed by atoms with Gasteiger partial charge < -0.3 is 4.74 Å². The van der Waals surface area contributed by atoms with Crippen molar-refractivity contribution in [2.75, 3.05) is 5.32 Å². The second-order valence-corrected chi connectivity index (χ2v) is 4.50. The van der Waals surface area contributed by atoms with E-state index in [-0.39, 0.29) is 16.9 Å². The Hall–Kier alpha value is -1.95. The Balaban J connectivity index is 1.93. The van der Waals surface area contributed by atoms with Crippen molar-refractivity contribution >= 4 is 27.8 Å². The second kappa shape index (κ2) is 6.29. The molecular formula is C13H10BrFN2O2. The van der Waals surface area contributed by atoms with Gasteiger partial charge in [0.2, 0.25) is 0 Å². The molecule has 1 N–H and O–H groups in total. The first-order valence-electron chi connectivity index (χ1n) is 5.44. The van der Waals surface area contributed by atoms with Crippen LogP contribution in [0.3, 0.4) is 0 Å². The van der Waals surface area contributed by atoms with Crippen molar-refractivity contribution in [2.45, 2.75) is 6.61 Å². The molecule has 0 aliphatic carbocycles. The second-order valence-electron chi connectivity index (χ2n) is 3.64. The standard InChI is InChI=1S/C13H10BrFN2O2/c14-10-6-7-16-12(11(10)15)17-13(18)19-8-9-4-2-1-3-5-9/h1-7H,8H2,(H,16,17,18). The molecule has 0 spiro atoms. The van der Waals surface area contributed by atoms with Gasteiger partial charge in [0.15, 0.2) is 11.6 Å².